The van der Waals surface area contributed by atoms with Crippen LogP contribution < -0.4 is 45.9 Å². The molecule has 0 fully saturated rings. The molecular formula is C24H54N8O15. The van der Waals surface area contributed by atoms with Gasteiger partial charge in [-0.1, -0.05) is 6.42 Å². The molecule has 0 bridgehead atoms. The minimum atomic E-state index is -1.18. The predicted molar refractivity (Wildman–Crippen MR) is 165 cm³/mol. The van der Waals surface area contributed by atoms with E-state index in [0.717, 1.165) is 12.8 Å². The zero-order valence-corrected chi connectivity index (χ0v) is 26.5. The number of nitrogens with two attached hydrogens (primary N) is 8. The molecule has 1 amide bonds. The number of carbonyl (C=O) groups excluding carboxylic acids is 1. The number of hydrogen-bond acceptors (Lipinski definition) is 16. The second-order valence-electron chi connectivity index (χ2n) is 9.11. The van der Waals surface area contributed by atoms with E-state index in [1.807, 2.05) is 0 Å². The summed E-state index contributed by atoms with van der Waals surface area (Å²) in [5.41, 5.74) is 39.5. The Labute approximate surface area is 270 Å². The summed E-state index contributed by atoms with van der Waals surface area (Å²) in [5, 5.41) is 65.1. The number of aliphatic hydroxyl groups is 2. The second-order valence-corrected chi connectivity index (χ2v) is 9.11. The van der Waals surface area contributed by atoms with Crippen LogP contribution in [0.1, 0.15) is 52.9 Å². The summed E-state index contributed by atoms with van der Waals surface area (Å²) in [5.74, 6) is -6.87. The van der Waals surface area contributed by atoms with E-state index in [2.05, 4.69) is 5.73 Å². The monoisotopic (exact) mass is 694 g/mol. The molecule has 23 nitrogen and oxygen atoms in total. The van der Waals surface area contributed by atoms with Gasteiger partial charge in [-0.25, -0.2) is 0 Å². The highest BCUT2D eigenvalue weighted by molar-refractivity contribution is 5.77. The number of carboxylic acid groups (broad SMARTS) is 6. The van der Waals surface area contributed by atoms with Crippen LogP contribution in [0.4, 0.5) is 0 Å². The first-order chi connectivity index (χ1) is 21.2. The largest absolute Gasteiger partial charge is 0.480 e. The van der Waals surface area contributed by atoms with Gasteiger partial charge < -0.3 is 86.7 Å². The van der Waals surface area contributed by atoms with Crippen LogP contribution in [-0.2, 0) is 33.6 Å². The summed E-state index contributed by atoms with van der Waals surface area (Å²) in [6, 6.07) is -4.74. The van der Waals surface area contributed by atoms with Crippen molar-refractivity contribution in [2.45, 2.75) is 95.3 Å². The molecule has 7 atom stereocenters. The molecule has 280 valence electrons. The molecule has 23 heteroatoms. The maximum Gasteiger partial charge on any atom is 0.323 e. The smallest absolute Gasteiger partial charge is 0.323 e. The van der Waals surface area contributed by atoms with E-state index in [1.165, 1.54) is 20.8 Å². The van der Waals surface area contributed by atoms with Gasteiger partial charge in [0.15, 0.2) is 0 Å². The van der Waals surface area contributed by atoms with Crippen LogP contribution in [0, 0.1) is 0 Å². The summed E-state index contributed by atoms with van der Waals surface area (Å²) >= 11 is 0. The third kappa shape index (κ3) is 51.8. The Morgan fingerprint density at radius 3 is 1.00 bits per heavy atom. The molecule has 0 aromatic carbocycles. The summed E-state index contributed by atoms with van der Waals surface area (Å²) in [7, 11) is 0. The van der Waals surface area contributed by atoms with Crippen molar-refractivity contribution in [3.63, 3.8) is 0 Å². The Kier molecular flexibility index (Phi) is 41.0. The Morgan fingerprint density at radius 1 is 0.553 bits per heavy atom. The van der Waals surface area contributed by atoms with Gasteiger partial charge in [0, 0.05) is 6.42 Å². The Hall–Kier alpha value is -4.07. The Balaban J connectivity index is -0.000000109. The van der Waals surface area contributed by atoms with Gasteiger partial charge in [0.2, 0.25) is 5.91 Å². The van der Waals surface area contributed by atoms with Crippen LogP contribution in [0.5, 0.6) is 0 Å². The maximum absolute atomic E-state index is 10.1. The molecule has 0 saturated heterocycles. The molecule has 0 aliphatic carbocycles. The zero-order chi connectivity index (χ0) is 39.0. The lowest BCUT2D eigenvalue weighted by molar-refractivity contribution is -0.141. The minimum absolute atomic E-state index is 0.0213. The molecule has 47 heavy (non-hydrogen) atoms. The number of primary amides is 1. The zero-order valence-electron chi connectivity index (χ0n) is 26.5. The number of aliphatic hydroxyl groups excluding tert-OH is 2. The topological polar surface area (TPSA) is 489 Å². The van der Waals surface area contributed by atoms with Gasteiger partial charge in [-0.2, -0.15) is 0 Å². The molecule has 0 heterocycles. The predicted octanol–water partition coefficient (Wildman–Crippen LogP) is -5.80. The number of unbranched alkanes of at least 4 members (excludes halogenated alkanes) is 1. The lowest BCUT2D eigenvalue weighted by Crippen LogP contribution is -2.39. The summed E-state index contributed by atoms with van der Waals surface area (Å²) in [6.45, 7) is 4.41. The molecule has 0 aliphatic heterocycles. The third-order valence-electron chi connectivity index (χ3n) is 4.48. The van der Waals surface area contributed by atoms with E-state index in [0.29, 0.717) is 13.0 Å². The normalized spacial score (nSPS) is 13.9. The van der Waals surface area contributed by atoms with Crippen molar-refractivity contribution in [3.05, 3.63) is 0 Å². The van der Waals surface area contributed by atoms with E-state index in [1.54, 1.807) is 0 Å². The highest BCUT2D eigenvalue weighted by Gasteiger charge is 2.17. The fourth-order valence-electron chi connectivity index (χ4n) is 1.47. The van der Waals surface area contributed by atoms with Gasteiger partial charge in [0.05, 0.1) is 18.8 Å². The standard InChI is InChI=1S/C6H14N2O2.C5H10N2O3.2C4H9NO3.C3H7NO2.C2H5NO2/c7-4-2-1-3-5(8)6(9)10;6-3(5(9)10)1-2-4(7)8;2*1-2(6)3(5)4(7)8;1-2(4)3(5)6;3-1-2(4)5/h5H,1-4,7-8H2,(H,9,10);3H,1-2,6H2,(H2,7,8)(H,9,10);2*2-3,6H,5H2,1H3,(H,7,8);2H,4H2,1H3,(H,5,6);1,3H2,(H,4,5). The third-order valence-corrected chi connectivity index (χ3v) is 4.48. The van der Waals surface area contributed by atoms with Crippen molar-refractivity contribution < 1.29 is 74.4 Å². The van der Waals surface area contributed by atoms with Crippen LogP contribution in [-0.4, -0.2) is 138 Å². The number of hydrogen-bond donors (Lipinski definition) is 16. The number of carboxylic acids is 6. The Morgan fingerprint density at radius 2 is 0.851 bits per heavy atom. The minimum Gasteiger partial charge on any atom is -0.480 e. The summed E-state index contributed by atoms with van der Waals surface area (Å²) in [6.07, 6.45) is 0.329. The van der Waals surface area contributed by atoms with E-state index < -0.39 is 84.1 Å². The molecule has 0 radical (unpaired) electrons. The second kappa shape index (κ2) is 34.8. The van der Waals surface area contributed by atoms with Crippen molar-refractivity contribution in [2.24, 2.45) is 45.9 Å². The van der Waals surface area contributed by atoms with Crippen LogP contribution in [0.2, 0.25) is 0 Å². The fraction of sp³-hybridized carbons (Fsp3) is 0.708. The van der Waals surface area contributed by atoms with Crippen LogP contribution >= 0.6 is 0 Å². The van der Waals surface area contributed by atoms with E-state index >= 15 is 0 Å². The highest BCUT2D eigenvalue weighted by atomic mass is 16.4. The number of carbonyl (C=O) groups is 7. The molecule has 0 rings (SSSR count). The molecule has 24 N–H and O–H groups in total. The van der Waals surface area contributed by atoms with Gasteiger partial charge in [0.25, 0.3) is 0 Å². The van der Waals surface area contributed by atoms with Crippen molar-refractivity contribution in [3.8, 4) is 0 Å². The van der Waals surface area contributed by atoms with Gasteiger partial charge in [-0.05, 0) is 46.6 Å². The molecule has 0 aliphatic rings. The summed E-state index contributed by atoms with van der Waals surface area (Å²) < 4.78 is 0. The van der Waals surface area contributed by atoms with E-state index in [4.69, 9.17) is 81.0 Å². The van der Waals surface area contributed by atoms with Gasteiger partial charge in [-0.3, -0.25) is 33.6 Å². The average molecular weight is 695 g/mol. The SMILES string of the molecule is CC(N)C(=O)O.CC(O)C(N)C(=O)O.CC(O)C(N)C(=O)O.NC(=O)CCC(N)C(=O)O.NCC(=O)O.NCCCCC(N)C(=O)O. The number of amides is 1. The molecular weight excluding hydrogens is 640 g/mol. The molecule has 0 saturated carbocycles. The number of rotatable bonds is 15. The fourth-order valence-corrected chi connectivity index (χ4v) is 1.47. The molecule has 0 aromatic heterocycles. The van der Waals surface area contributed by atoms with E-state index in [9.17, 15) is 33.6 Å². The summed E-state index contributed by atoms with van der Waals surface area (Å²) in [4.78, 5) is 68.8. The molecule has 0 aromatic rings. The first-order valence-corrected chi connectivity index (χ1v) is 13.4. The Bertz CT molecular complexity index is 869. The van der Waals surface area contributed by atoms with Gasteiger partial charge >= 0.3 is 35.8 Å². The van der Waals surface area contributed by atoms with E-state index in [-0.39, 0.29) is 19.4 Å². The molecule has 0 spiro atoms. The molecule has 7 unspecified atom stereocenters. The van der Waals surface area contributed by atoms with Crippen molar-refractivity contribution in [2.75, 3.05) is 13.1 Å². The number of aliphatic carboxylic acids is 6. The first-order valence-electron chi connectivity index (χ1n) is 13.4. The van der Waals surface area contributed by atoms with Crippen molar-refractivity contribution in [1.29, 1.82) is 0 Å². The van der Waals surface area contributed by atoms with Crippen molar-refractivity contribution >= 4 is 41.7 Å². The van der Waals surface area contributed by atoms with Crippen LogP contribution in [0.3, 0.4) is 0 Å². The van der Waals surface area contributed by atoms with Gasteiger partial charge in [0.1, 0.15) is 30.2 Å². The average Bonchev–Trinajstić information content (AvgIpc) is 2.96. The van der Waals surface area contributed by atoms with Gasteiger partial charge in [-0.15, -0.1) is 0 Å². The first kappa shape index (κ1) is 55.3. The lowest BCUT2D eigenvalue weighted by atomic mass is 10.1. The quantitative estimate of drug-likeness (QED) is 0.0709. The van der Waals surface area contributed by atoms with Crippen LogP contribution in [0.15, 0.2) is 0 Å². The van der Waals surface area contributed by atoms with Crippen molar-refractivity contribution in [1.82, 2.24) is 0 Å². The maximum atomic E-state index is 10.1. The van der Waals surface area contributed by atoms with Crippen LogP contribution in [0.25, 0.3) is 0 Å². The lowest BCUT2D eigenvalue weighted by Gasteiger charge is -2.07. The highest BCUT2D eigenvalue weighted by Crippen LogP contribution is 1.97.